The van der Waals surface area contributed by atoms with E-state index in [9.17, 15) is 19.2 Å². The van der Waals surface area contributed by atoms with Gasteiger partial charge >= 0.3 is 5.97 Å². The maximum atomic E-state index is 14.1. The molecule has 0 saturated carbocycles. The van der Waals surface area contributed by atoms with Crippen molar-refractivity contribution in [3.63, 3.8) is 0 Å². The Labute approximate surface area is 247 Å². The van der Waals surface area contributed by atoms with E-state index in [4.69, 9.17) is 4.74 Å². The van der Waals surface area contributed by atoms with E-state index >= 15 is 0 Å². The molecule has 1 heterocycles. The highest BCUT2D eigenvalue weighted by Crippen LogP contribution is 2.61. The Kier molecular flexibility index (Phi) is 7.06. The second kappa shape index (κ2) is 10.6. The van der Waals surface area contributed by atoms with E-state index in [1.807, 2.05) is 67.6 Å². The van der Waals surface area contributed by atoms with Gasteiger partial charge in [-0.05, 0) is 58.4 Å². The zero-order valence-electron chi connectivity index (χ0n) is 23.1. The maximum Gasteiger partial charge on any atom is 0.330 e. The third-order valence-electron chi connectivity index (χ3n) is 8.70. The van der Waals surface area contributed by atoms with Crippen LogP contribution in [0.1, 0.15) is 60.4 Å². The molecule has 3 aliphatic carbocycles. The van der Waals surface area contributed by atoms with Gasteiger partial charge in [-0.1, -0.05) is 85.2 Å². The van der Waals surface area contributed by atoms with Crippen molar-refractivity contribution in [3.8, 4) is 0 Å². The molecule has 1 N–H and O–H groups in total. The number of hydrogen-bond acceptors (Lipinski definition) is 5. The van der Waals surface area contributed by atoms with Gasteiger partial charge < -0.3 is 10.1 Å². The second-order valence-corrected chi connectivity index (χ2v) is 12.2. The number of nitrogens with one attached hydrogen (secondary N) is 1. The van der Waals surface area contributed by atoms with E-state index in [-0.39, 0.29) is 23.7 Å². The molecule has 4 aliphatic rings. The first-order chi connectivity index (χ1) is 19.7. The van der Waals surface area contributed by atoms with Gasteiger partial charge in [-0.25, -0.2) is 4.79 Å². The molecule has 41 heavy (non-hydrogen) atoms. The Hall–Kier alpha value is -3.78. The number of aryl methyl sites for hydroxylation is 1. The van der Waals surface area contributed by atoms with Gasteiger partial charge in [0.25, 0.3) is 5.91 Å². The molecule has 3 atom stereocenters. The number of likely N-dealkylation sites (tertiary alicyclic amines) is 1. The zero-order valence-corrected chi connectivity index (χ0v) is 24.7. The molecule has 7 rings (SSSR count). The molecule has 1 fully saturated rings. The molecule has 1 saturated heterocycles. The van der Waals surface area contributed by atoms with Crippen LogP contribution in [0.4, 0.5) is 5.69 Å². The Bertz CT molecular complexity index is 1470. The van der Waals surface area contributed by atoms with Crippen molar-refractivity contribution in [2.75, 3.05) is 11.9 Å². The van der Waals surface area contributed by atoms with Crippen LogP contribution in [0.5, 0.6) is 0 Å². The lowest BCUT2D eigenvalue weighted by Crippen LogP contribution is -2.49. The van der Waals surface area contributed by atoms with E-state index in [2.05, 4.69) is 21.2 Å². The topological polar surface area (TPSA) is 92.8 Å². The van der Waals surface area contributed by atoms with Crippen molar-refractivity contribution in [2.24, 2.45) is 17.8 Å². The molecule has 2 bridgehead atoms. The molecular formula is C33H31BrN2O5. The number of ether oxygens (including phenoxy) is 1. The summed E-state index contributed by atoms with van der Waals surface area (Å²) in [6.45, 7) is 5.02. The van der Waals surface area contributed by atoms with Gasteiger partial charge in [-0.15, -0.1) is 0 Å². The number of imide groups is 1. The number of hydrogen-bond donors (Lipinski definition) is 1. The number of carbonyl (C=O) groups is 4. The first-order valence-electron chi connectivity index (χ1n) is 14.0. The molecule has 0 radical (unpaired) electrons. The van der Waals surface area contributed by atoms with Crippen molar-refractivity contribution < 1.29 is 23.9 Å². The lowest BCUT2D eigenvalue weighted by molar-refractivity contribution is -0.162. The van der Waals surface area contributed by atoms with Crippen LogP contribution < -0.4 is 5.32 Å². The molecule has 0 aromatic heterocycles. The lowest BCUT2D eigenvalue weighted by Gasteiger charge is -2.45. The van der Waals surface area contributed by atoms with E-state index in [0.29, 0.717) is 12.1 Å². The third-order valence-corrected chi connectivity index (χ3v) is 9.19. The van der Waals surface area contributed by atoms with Crippen molar-refractivity contribution in [3.05, 3.63) is 99.0 Å². The SMILES string of the molecule is CCc1cc(Br)ccc1NC(=O)COC(=O)[C@H](C(C)C)N1C(=O)[C@H]2C3c4ccccc4C(c4ccccc43)[C@@H]2C1=O. The first kappa shape index (κ1) is 27.4. The van der Waals surface area contributed by atoms with Crippen LogP contribution >= 0.6 is 15.9 Å². The van der Waals surface area contributed by atoms with Gasteiger partial charge in [0.05, 0.1) is 11.8 Å². The summed E-state index contributed by atoms with van der Waals surface area (Å²) in [6.07, 6.45) is 0.710. The highest BCUT2D eigenvalue weighted by molar-refractivity contribution is 9.10. The van der Waals surface area contributed by atoms with Crippen molar-refractivity contribution in [1.82, 2.24) is 4.90 Å². The minimum atomic E-state index is -1.13. The highest BCUT2D eigenvalue weighted by atomic mass is 79.9. The van der Waals surface area contributed by atoms with Crippen LogP contribution in [0.2, 0.25) is 0 Å². The maximum absolute atomic E-state index is 14.1. The predicted octanol–water partition coefficient (Wildman–Crippen LogP) is 5.41. The molecule has 3 amide bonds. The highest BCUT2D eigenvalue weighted by Gasteiger charge is 2.63. The zero-order chi connectivity index (χ0) is 29.0. The molecule has 0 unspecified atom stereocenters. The summed E-state index contributed by atoms with van der Waals surface area (Å²) in [5.74, 6) is -4.03. The van der Waals surface area contributed by atoms with Crippen molar-refractivity contribution in [2.45, 2.75) is 45.1 Å². The fourth-order valence-electron chi connectivity index (χ4n) is 7.04. The predicted molar refractivity (Wildman–Crippen MR) is 157 cm³/mol. The summed E-state index contributed by atoms with van der Waals surface area (Å²) in [6, 6.07) is 20.4. The second-order valence-electron chi connectivity index (χ2n) is 11.3. The average molecular weight is 616 g/mol. The smallest absolute Gasteiger partial charge is 0.330 e. The van der Waals surface area contributed by atoms with Crippen LogP contribution in [-0.2, 0) is 30.3 Å². The fraction of sp³-hybridized carbons (Fsp3) is 0.333. The van der Waals surface area contributed by atoms with E-state index in [1.165, 1.54) is 0 Å². The van der Waals surface area contributed by atoms with Gasteiger partial charge in [0.15, 0.2) is 6.61 Å². The van der Waals surface area contributed by atoms with Crippen molar-refractivity contribution in [1.29, 1.82) is 0 Å². The monoisotopic (exact) mass is 614 g/mol. The number of amides is 3. The van der Waals surface area contributed by atoms with Crippen LogP contribution in [0.15, 0.2) is 71.2 Å². The summed E-state index contributed by atoms with van der Waals surface area (Å²) < 4.78 is 6.35. The fourth-order valence-corrected chi connectivity index (χ4v) is 7.44. The number of carbonyl (C=O) groups excluding carboxylic acids is 4. The Morgan fingerprint density at radius 3 is 1.85 bits per heavy atom. The third kappa shape index (κ3) is 4.40. The quantitative estimate of drug-likeness (QED) is 0.284. The number of rotatable bonds is 7. The summed E-state index contributed by atoms with van der Waals surface area (Å²) in [5.41, 5.74) is 5.85. The van der Waals surface area contributed by atoms with Gasteiger partial charge in [0.1, 0.15) is 6.04 Å². The van der Waals surface area contributed by atoms with E-state index in [1.54, 1.807) is 19.9 Å². The number of benzene rings is 3. The molecular weight excluding hydrogens is 584 g/mol. The number of halogens is 1. The van der Waals surface area contributed by atoms with E-state index in [0.717, 1.165) is 37.2 Å². The molecule has 7 nitrogen and oxygen atoms in total. The van der Waals surface area contributed by atoms with Gasteiger partial charge in [-0.3, -0.25) is 19.3 Å². The van der Waals surface area contributed by atoms with Gasteiger partial charge in [-0.2, -0.15) is 0 Å². The van der Waals surface area contributed by atoms with Crippen LogP contribution in [0.3, 0.4) is 0 Å². The molecule has 3 aromatic rings. The summed E-state index contributed by atoms with van der Waals surface area (Å²) in [5, 5.41) is 2.80. The number of nitrogens with zero attached hydrogens (tertiary/aromatic N) is 1. The molecule has 0 spiro atoms. The minimum absolute atomic E-state index is 0.257. The summed E-state index contributed by atoms with van der Waals surface area (Å²) in [7, 11) is 0. The Morgan fingerprint density at radius 2 is 1.39 bits per heavy atom. The minimum Gasteiger partial charge on any atom is -0.454 e. The molecule has 3 aromatic carbocycles. The first-order valence-corrected chi connectivity index (χ1v) is 14.8. The van der Waals surface area contributed by atoms with Gasteiger partial charge in [0.2, 0.25) is 11.8 Å². The summed E-state index contributed by atoms with van der Waals surface area (Å²) in [4.78, 5) is 55.5. The van der Waals surface area contributed by atoms with E-state index < -0.39 is 42.3 Å². The number of anilines is 1. The molecule has 210 valence electrons. The standard InChI is InChI=1S/C33H31BrN2O5/c1-4-18-15-19(34)13-14-24(18)35-25(37)16-41-33(40)30(17(2)3)36-31(38)28-26-20-9-5-6-10-21(20)27(29(28)32(36)39)23-12-8-7-11-22(23)26/h5-15,17,26-30H,4,16H2,1-3H3,(H,35,37)/t26?,27?,28-,29-,30-/m0/s1. The Morgan fingerprint density at radius 1 is 0.878 bits per heavy atom. The normalized spacial score (nSPS) is 22.7. The average Bonchev–Trinajstić information content (AvgIpc) is 3.23. The van der Waals surface area contributed by atoms with Crippen molar-refractivity contribution >= 4 is 45.3 Å². The van der Waals surface area contributed by atoms with Gasteiger partial charge in [0, 0.05) is 22.0 Å². The largest absolute Gasteiger partial charge is 0.454 e. The van der Waals surface area contributed by atoms with Crippen LogP contribution in [0, 0.1) is 17.8 Å². The van der Waals surface area contributed by atoms with Crippen LogP contribution in [0.25, 0.3) is 0 Å². The number of esters is 1. The molecule has 8 heteroatoms. The lowest BCUT2D eigenvalue weighted by atomic mass is 9.55. The summed E-state index contributed by atoms with van der Waals surface area (Å²) >= 11 is 3.43. The Balaban J connectivity index is 1.25. The molecule has 1 aliphatic heterocycles. The van der Waals surface area contributed by atoms with Crippen LogP contribution in [-0.4, -0.2) is 41.2 Å².